The van der Waals surface area contributed by atoms with Gasteiger partial charge in [-0.25, -0.2) is 13.8 Å². The average molecular weight is 294 g/mol. The molecule has 0 bridgehead atoms. The Hall–Kier alpha value is -1.79. The third-order valence-electron chi connectivity index (χ3n) is 2.52. The van der Waals surface area contributed by atoms with Gasteiger partial charge in [-0.05, 0) is 23.6 Å². The fourth-order valence-corrected chi connectivity index (χ4v) is 3.51. The molecule has 2 N–H and O–H groups in total. The van der Waals surface area contributed by atoms with Gasteiger partial charge in [0.1, 0.15) is 11.6 Å². The first-order chi connectivity index (χ1) is 9.13. The van der Waals surface area contributed by atoms with Crippen molar-refractivity contribution in [1.29, 1.82) is 0 Å². The topological polar surface area (TPSA) is 38.9 Å². The van der Waals surface area contributed by atoms with E-state index in [1.165, 1.54) is 34.8 Å². The van der Waals surface area contributed by atoms with Gasteiger partial charge in [0.05, 0.1) is 10.6 Å². The molecule has 0 aliphatic rings. The first-order valence-electron chi connectivity index (χ1n) is 5.40. The van der Waals surface area contributed by atoms with Crippen molar-refractivity contribution in [2.45, 2.75) is 0 Å². The largest absolute Gasteiger partial charge is 0.375 e. The van der Waals surface area contributed by atoms with Crippen LogP contribution in [0.5, 0.6) is 0 Å². The number of nitrogens with two attached hydrogens (primary N) is 1. The van der Waals surface area contributed by atoms with Crippen LogP contribution in [0.15, 0.2) is 35.7 Å². The lowest BCUT2D eigenvalue weighted by Gasteiger charge is -2.01. The summed E-state index contributed by atoms with van der Waals surface area (Å²) < 4.78 is 26.6. The Morgan fingerprint density at radius 1 is 1.11 bits per heavy atom. The summed E-state index contributed by atoms with van der Waals surface area (Å²) in [6.45, 7) is 0. The van der Waals surface area contributed by atoms with Crippen molar-refractivity contribution in [3.05, 3.63) is 47.3 Å². The highest BCUT2D eigenvalue weighted by atomic mass is 32.1. The number of thiazole rings is 1. The van der Waals surface area contributed by atoms with Crippen LogP contribution in [0.1, 0.15) is 0 Å². The normalized spacial score (nSPS) is 10.8. The Kier molecular flexibility index (Phi) is 3.04. The molecule has 2 heterocycles. The molecule has 0 fully saturated rings. The van der Waals surface area contributed by atoms with Crippen LogP contribution in [-0.4, -0.2) is 4.98 Å². The molecule has 2 nitrogen and oxygen atoms in total. The van der Waals surface area contributed by atoms with Gasteiger partial charge in [-0.1, -0.05) is 17.4 Å². The van der Waals surface area contributed by atoms with E-state index in [2.05, 4.69) is 4.98 Å². The lowest BCUT2D eigenvalue weighted by molar-refractivity contribution is 0.584. The van der Waals surface area contributed by atoms with Crippen molar-refractivity contribution in [3.8, 4) is 21.0 Å². The molecule has 3 rings (SSSR count). The van der Waals surface area contributed by atoms with Gasteiger partial charge in [-0.3, -0.25) is 0 Å². The van der Waals surface area contributed by atoms with E-state index in [0.717, 1.165) is 15.8 Å². The van der Waals surface area contributed by atoms with Crippen LogP contribution < -0.4 is 5.73 Å². The number of thiophene rings is 1. The lowest BCUT2D eigenvalue weighted by Crippen LogP contribution is -1.87. The molecule has 0 aliphatic carbocycles. The van der Waals surface area contributed by atoms with Gasteiger partial charge in [0.25, 0.3) is 0 Å². The zero-order valence-corrected chi connectivity index (χ0v) is 11.2. The average Bonchev–Trinajstić information content (AvgIpc) is 2.95. The van der Waals surface area contributed by atoms with E-state index >= 15 is 0 Å². The molecule has 0 amide bonds. The van der Waals surface area contributed by atoms with Gasteiger partial charge in [0, 0.05) is 16.5 Å². The second kappa shape index (κ2) is 4.71. The number of aromatic nitrogens is 1. The van der Waals surface area contributed by atoms with Crippen molar-refractivity contribution in [2.75, 3.05) is 5.73 Å². The van der Waals surface area contributed by atoms with Gasteiger partial charge < -0.3 is 5.73 Å². The molecule has 19 heavy (non-hydrogen) atoms. The molecule has 6 heteroatoms. The molecule has 0 aliphatic heterocycles. The van der Waals surface area contributed by atoms with E-state index in [-0.39, 0.29) is 0 Å². The highest BCUT2D eigenvalue weighted by molar-refractivity contribution is 7.23. The second-order valence-electron chi connectivity index (χ2n) is 3.87. The fraction of sp³-hybridized carbons (Fsp3) is 0. The molecule has 0 unspecified atom stereocenters. The Balaban J connectivity index is 2.20. The molecule has 0 saturated carbocycles. The summed E-state index contributed by atoms with van der Waals surface area (Å²) in [5, 5.41) is 2.31. The molecule has 3 aromatic rings. The maximum atomic E-state index is 13.3. The van der Waals surface area contributed by atoms with Crippen molar-refractivity contribution in [3.63, 3.8) is 0 Å². The van der Waals surface area contributed by atoms with Crippen molar-refractivity contribution >= 4 is 27.8 Å². The summed E-state index contributed by atoms with van der Waals surface area (Å²) in [5.74, 6) is -1.25. The van der Waals surface area contributed by atoms with Gasteiger partial charge in [0.2, 0.25) is 0 Å². The Morgan fingerprint density at radius 3 is 2.47 bits per heavy atom. The van der Waals surface area contributed by atoms with E-state index in [1.54, 1.807) is 0 Å². The Labute approximate surface area is 116 Å². The van der Waals surface area contributed by atoms with E-state index < -0.39 is 11.6 Å². The third-order valence-corrected chi connectivity index (χ3v) is 4.46. The van der Waals surface area contributed by atoms with E-state index in [1.807, 2.05) is 17.5 Å². The fourth-order valence-electron chi connectivity index (χ4n) is 1.80. The maximum absolute atomic E-state index is 13.3. The summed E-state index contributed by atoms with van der Waals surface area (Å²) in [6, 6.07) is 7.19. The maximum Gasteiger partial charge on any atom is 0.181 e. The first kappa shape index (κ1) is 12.3. The van der Waals surface area contributed by atoms with E-state index in [0.29, 0.717) is 16.4 Å². The highest BCUT2D eigenvalue weighted by Gasteiger charge is 2.15. The molecular weight excluding hydrogens is 286 g/mol. The number of halogens is 2. The van der Waals surface area contributed by atoms with Crippen LogP contribution in [0.4, 0.5) is 13.9 Å². The van der Waals surface area contributed by atoms with Gasteiger partial charge in [0.15, 0.2) is 5.13 Å². The van der Waals surface area contributed by atoms with Crippen LogP contribution in [0.3, 0.4) is 0 Å². The third kappa shape index (κ3) is 2.36. The van der Waals surface area contributed by atoms with Crippen LogP contribution >= 0.6 is 22.7 Å². The van der Waals surface area contributed by atoms with Gasteiger partial charge in [-0.2, -0.15) is 0 Å². The van der Waals surface area contributed by atoms with E-state index in [4.69, 9.17) is 5.73 Å². The Morgan fingerprint density at radius 2 is 1.84 bits per heavy atom. The molecule has 0 spiro atoms. The number of rotatable bonds is 2. The standard InChI is InChI=1S/C13H8F2N2S2/c14-8-4-7(5-9(15)6-8)11-12(19-13(16)17-11)10-2-1-3-18-10/h1-6H,(H2,16,17). The smallest absolute Gasteiger partial charge is 0.181 e. The second-order valence-corrected chi connectivity index (χ2v) is 5.84. The number of benzene rings is 1. The zero-order chi connectivity index (χ0) is 13.4. The minimum absolute atomic E-state index is 0.378. The number of nitrogens with zero attached hydrogens (tertiary/aromatic N) is 1. The molecule has 0 saturated heterocycles. The number of hydrogen-bond donors (Lipinski definition) is 1. The first-order valence-corrected chi connectivity index (χ1v) is 7.10. The molecule has 1 aromatic carbocycles. The molecule has 0 atom stereocenters. The van der Waals surface area contributed by atoms with Crippen molar-refractivity contribution in [1.82, 2.24) is 4.98 Å². The summed E-state index contributed by atoms with van der Waals surface area (Å²) in [6.07, 6.45) is 0. The summed E-state index contributed by atoms with van der Waals surface area (Å²) >= 11 is 2.84. The molecule has 2 aromatic heterocycles. The van der Waals surface area contributed by atoms with Crippen molar-refractivity contribution in [2.24, 2.45) is 0 Å². The number of nitrogen functional groups attached to an aromatic ring is 1. The van der Waals surface area contributed by atoms with Crippen molar-refractivity contribution < 1.29 is 8.78 Å². The molecular formula is C13H8F2N2S2. The summed E-state index contributed by atoms with van der Waals surface area (Å²) in [7, 11) is 0. The monoisotopic (exact) mass is 294 g/mol. The Bertz CT molecular complexity index is 700. The van der Waals surface area contributed by atoms with Gasteiger partial charge >= 0.3 is 0 Å². The molecule has 0 radical (unpaired) electrons. The van der Waals surface area contributed by atoms with Crippen LogP contribution in [0.25, 0.3) is 21.0 Å². The summed E-state index contributed by atoms with van der Waals surface area (Å²) in [5.41, 5.74) is 6.64. The lowest BCUT2D eigenvalue weighted by atomic mass is 10.1. The SMILES string of the molecule is Nc1nc(-c2cc(F)cc(F)c2)c(-c2cccs2)s1. The predicted octanol–water partition coefficient (Wildman–Crippen LogP) is 4.40. The minimum Gasteiger partial charge on any atom is -0.375 e. The highest BCUT2D eigenvalue weighted by Crippen LogP contribution is 2.40. The number of anilines is 1. The van der Waals surface area contributed by atoms with Gasteiger partial charge in [-0.15, -0.1) is 11.3 Å². The quantitative estimate of drug-likeness (QED) is 0.761. The summed E-state index contributed by atoms with van der Waals surface area (Å²) in [4.78, 5) is 6.00. The number of hydrogen-bond acceptors (Lipinski definition) is 4. The zero-order valence-electron chi connectivity index (χ0n) is 9.56. The van der Waals surface area contributed by atoms with E-state index in [9.17, 15) is 8.78 Å². The van der Waals surface area contributed by atoms with Crippen LogP contribution in [0, 0.1) is 11.6 Å². The molecule has 96 valence electrons. The van der Waals surface area contributed by atoms with Crippen LogP contribution in [0.2, 0.25) is 0 Å². The minimum atomic E-state index is -0.626. The van der Waals surface area contributed by atoms with Crippen LogP contribution in [-0.2, 0) is 0 Å². The predicted molar refractivity (Wildman–Crippen MR) is 75.2 cm³/mol.